The molecular formula is C26H25NO2. The van der Waals surface area contributed by atoms with Crippen molar-refractivity contribution in [2.45, 2.75) is 19.3 Å². The highest BCUT2D eigenvalue weighted by molar-refractivity contribution is 6.05. The van der Waals surface area contributed by atoms with E-state index in [4.69, 9.17) is 10.2 Å². The van der Waals surface area contributed by atoms with Gasteiger partial charge in [-0.3, -0.25) is 4.79 Å². The van der Waals surface area contributed by atoms with Gasteiger partial charge in [0.2, 0.25) is 0 Å². The number of nitrogen functional groups attached to an aromatic ring is 1. The summed E-state index contributed by atoms with van der Waals surface area (Å²) in [7, 11) is 0. The van der Waals surface area contributed by atoms with E-state index in [-0.39, 0.29) is 0 Å². The molecule has 2 aliphatic rings. The molecule has 146 valence electrons. The number of allylic oxidation sites excluding steroid dienone is 2. The summed E-state index contributed by atoms with van der Waals surface area (Å²) in [5.41, 5.74) is 8.44. The minimum atomic E-state index is 0.640. The number of anilines is 1. The maximum Gasteiger partial charge on any atom is 0.150 e. The lowest BCUT2D eigenvalue weighted by Crippen LogP contribution is -1.82. The molecule has 3 heteroatoms. The maximum atomic E-state index is 10.6. The highest BCUT2D eigenvalue weighted by Crippen LogP contribution is 2.38. The number of fused-ring (bicyclic) bond motifs is 5. The number of nitrogens with two attached hydrogens (primary N) is 1. The molecule has 2 bridgehead atoms. The zero-order valence-electron chi connectivity index (χ0n) is 16.3. The number of carbonyl (C=O) groups is 1. The van der Waals surface area contributed by atoms with E-state index in [1.54, 1.807) is 12.1 Å². The van der Waals surface area contributed by atoms with Gasteiger partial charge in [0.05, 0.1) is 0 Å². The molecule has 2 N–H and O–H groups in total. The number of furan rings is 1. The molecule has 2 atom stereocenters. The van der Waals surface area contributed by atoms with Crippen LogP contribution < -0.4 is 5.73 Å². The first kappa shape index (κ1) is 19.0. The monoisotopic (exact) mass is 383 g/mol. The van der Waals surface area contributed by atoms with Gasteiger partial charge in [-0.1, -0.05) is 54.6 Å². The van der Waals surface area contributed by atoms with Gasteiger partial charge in [-0.15, -0.1) is 0 Å². The summed E-state index contributed by atoms with van der Waals surface area (Å²) < 4.78 is 5.64. The zero-order chi connectivity index (χ0) is 20.1. The Kier molecular flexibility index (Phi) is 5.76. The summed E-state index contributed by atoms with van der Waals surface area (Å²) in [4.78, 5) is 10.6. The van der Waals surface area contributed by atoms with Crippen LogP contribution in [-0.2, 0) is 0 Å². The number of hydrogen-bond donors (Lipinski definition) is 1. The number of para-hydroxylation sites is 2. The van der Waals surface area contributed by atoms with Crippen LogP contribution in [0.1, 0.15) is 29.6 Å². The van der Waals surface area contributed by atoms with Crippen LogP contribution in [0.3, 0.4) is 0 Å². The number of carbonyl (C=O) groups excluding carboxylic acids is 1. The second-order valence-electron chi connectivity index (χ2n) is 7.60. The number of hydrogen-bond acceptors (Lipinski definition) is 3. The highest BCUT2D eigenvalue weighted by Gasteiger charge is 2.25. The average Bonchev–Trinajstić information content (AvgIpc) is 3.50. The van der Waals surface area contributed by atoms with Gasteiger partial charge in [0, 0.05) is 22.0 Å². The molecule has 0 spiro atoms. The highest BCUT2D eigenvalue weighted by atomic mass is 16.3. The normalized spacial score (nSPS) is 18.8. The fourth-order valence-electron chi connectivity index (χ4n) is 3.99. The molecule has 29 heavy (non-hydrogen) atoms. The number of rotatable bonds is 1. The molecule has 4 aromatic rings. The Morgan fingerprint density at radius 1 is 0.793 bits per heavy atom. The zero-order valence-corrected chi connectivity index (χ0v) is 16.3. The second-order valence-corrected chi connectivity index (χ2v) is 7.60. The minimum Gasteiger partial charge on any atom is -0.456 e. The topological polar surface area (TPSA) is 56.2 Å². The Balaban J connectivity index is 0.000000121. The van der Waals surface area contributed by atoms with Crippen LogP contribution in [0.25, 0.3) is 21.9 Å². The van der Waals surface area contributed by atoms with Crippen LogP contribution in [0.2, 0.25) is 0 Å². The lowest BCUT2D eigenvalue weighted by molar-refractivity contribution is 0.112. The molecule has 1 saturated carbocycles. The van der Waals surface area contributed by atoms with E-state index in [1.165, 1.54) is 19.3 Å². The predicted octanol–water partition coefficient (Wildman–Crippen LogP) is 6.64. The fourth-order valence-corrected chi connectivity index (χ4v) is 3.99. The Morgan fingerprint density at radius 3 is 2.00 bits per heavy atom. The third-order valence-electron chi connectivity index (χ3n) is 5.51. The molecule has 6 rings (SSSR count). The van der Waals surface area contributed by atoms with Crippen LogP contribution in [0, 0.1) is 11.8 Å². The number of aldehydes is 1. The molecule has 1 aromatic heterocycles. The Morgan fingerprint density at radius 2 is 1.45 bits per heavy atom. The second kappa shape index (κ2) is 8.78. The first-order valence-electron chi connectivity index (χ1n) is 10.1. The predicted molar refractivity (Wildman–Crippen MR) is 120 cm³/mol. The van der Waals surface area contributed by atoms with Crippen LogP contribution >= 0.6 is 0 Å². The van der Waals surface area contributed by atoms with Gasteiger partial charge in [-0.05, 0) is 61.4 Å². The van der Waals surface area contributed by atoms with Crippen molar-refractivity contribution < 1.29 is 9.21 Å². The quantitative estimate of drug-likeness (QED) is 0.228. The number of benzene rings is 3. The summed E-state index contributed by atoms with van der Waals surface area (Å²) in [6, 6.07) is 22.8. The largest absolute Gasteiger partial charge is 0.456 e. The SMILES string of the molecule is C1=CC2CCC1C2.Nc1ccccc1.O=Cc1ccc2c(c1)oc1ccccc12. The molecule has 2 aliphatic carbocycles. The lowest BCUT2D eigenvalue weighted by atomic mass is 10.1. The molecule has 2 unspecified atom stereocenters. The van der Waals surface area contributed by atoms with E-state index in [0.29, 0.717) is 5.56 Å². The summed E-state index contributed by atoms with van der Waals surface area (Å²) in [5.74, 6) is 1.98. The van der Waals surface area contributed by atoms with Crippen molar-refractivity contribution >= 4 is 33.9 Å². The van der Waals surface area contributed by atoms with Gasteiger partial charge in [0.1, 0.15) is 17.5 Å². The van der Waals surface area contributed by atoms with Gasteiger partial charge < -0.3 is 10.2 Å². The van der Waals surface area contributed by atoms with E-state index in [9.17, 15) is 4.79 Å². The van der Waals surface area contributed by atoms with Crippen LogP contribution in [0.15, 0.2) is 89.4 Å². The fraction of sp³-hybridized carbons (Fsp3) is 0.192. The Bertz CT molecular complexity index is 1120. The Labute approximate surface area is 170 Å². The molecule has 0 aliphatic heterocycles. The van der Waals surface area contributed by atoms with E-state index in [0.717, 1.165) is 45.7 Å². The van der Waals surface area contributed by atoms with Crippen LogP contribution in [0.4, 0.5) is 5.69 Å². The first-order valence-corrected chi connectivity index (χ1v) is 10.1. The molecule has 0 saturated heterocycles. The van der Waals surface area contributed by atoms with Crippen molar-refractivity contribution in [3.63, 3.8) is 0 Å². The van der Waals surface area contributed by atoms with Crippen molar-refractivity contribution in [3.8, 4) is 0 Å². The summed E-state index contributed by atoms with van der Waals surface area (Å²) in [5, 5.41) is 2.14. The van der Waals surface area contributed by atoms with E-state index < -0.39 is 0 Å². The molecule has 0 amide bonds. The van der Waals surface area contributed by atoms with Crippen molar-refractivity contribution in [1.82, 2.24) is 0 Å². The summed E-state index contributed by atoms with van der Waals surface area (Å²) >= 11 is 0. The lowest BCUT2D eigenvalue weighted by Gasteiger charge is -1.96. The molecular weight excluding hydrogens is 358 g/mol. The molecule has 1 heterocycles. The summed E-state index contributed by atoms with van der Waals surface area (Å²) in [6.07, 6.45) is 10.0. The van der Waals surface area contributed by atoms with Gasteiger partial charge in [-0.25, -0.2) is 0 Å². The average molecular weight is 383 g/mol. The van der Waals surface area contributed by atoms with Gasteiger partial charge in [-0.2, -0.15) is 0 Å². The Hall–Kier alpha value is -3.33. The molecule has 3 nitrogen and oxygen atoms in total. The molecule has 1 fully saturated rings. The van der Waals surface area contributed by atoms with Gasteiger partial charge >= 0.3 is 0 Å². The molecule has 0 radical (unpaired) electrons. The third kappa shape index (κ3) is 4.57. The van der Waals surface area contributed by atoms with Crippen molar-refractivity contribution in [1.29, 1.82) is 0 Å². The van der Waals surface area contributed by atoms with E-state index in [1.807, 2.05) is 60.7 Å². The standard InChI is InChI=1S/C13H8O2.C7H10.C6H7N/c14-8-9-5-6-11-10-3-1-2-4-12(10)15-13(11)7-9;1-2-7-4-3-6(1)5-7;7-6-4-2-1-3-5-6/h1-8H;1-2,6-7H,3-5H2;1-5H,7H2. The van der Waals surface area contributed by atoms with Gasteiger partial charge in [0.25, 0.3) is 0 Å². The van der Waals surface area contributed by atoms with E-state index >= 15 is 0 Å². The van der Waals surface area contributed by atoms with E-state index in [2.05, 4.69) is 12.2 Å². The maximum absolute atomic E-state index is 10.6. The van der Waals surface area contributed by atoms with Crippen LogP contribution in [0.5, 0.6) is 0 Å². The van der Waals surface area contributed by atoms with Crippen LogP contribution in [-0.4, -0.2) is 6.29 Å². The molecule has 3 aromatic carbocycles. The van der Waals surface area contributed by atoms with Crippen molar-refractivity contribution in [2.24, 2.45) is 11.8 Å². The smallest absolute Gasteiger partial charge is 0.150 e. The van der Waals surface area contributed by atoms with Gasteiger partial charge in [0.15, 0.2) is 0 Å². The van der Waals surface area contributed by atoms with Crippen molar-refractivity contribution in [2.75, 3.05) is 5.73 Å². The van der Waals surface area contributed by atoms with Crippen molar-refractivity contribution in [3.05, 3.63) is 90.5 Å². The first-order chi connectivity index (χ1) is 14.2. The summed E-state index contributed by atoms with van der Waals surface area (Å²) in [6.45, 7) is 0. The third-order valence-corrected chi connectivity index (χ3v) is 5.51. The minimum absolute atomic E-state index is 0.640.